The van der Waals surface area contributed by atoms with E-state index in [2.05, 4.69) is 5.32 Å². The first-order valence-electron chi connectivity index (χ1n) is 10.2. The smallest absolute Gasteiger partial charge is 0.410 e. The highest BCUT2D eigenvalue weighted by Gasteiger charge is 2.30. The van der Waals surface area contributed by atoms with E-state index in [4.69, 9.17) is 9.47 Å². The van der Waals surface area contributed by atoms with Crippen molar-refractivity contribution in [2.45, 2.75) is 83.8 Å². The van der Waals surface area contributed by atoms with Crippen LogP contribution in [0.1, 0.15) is 72.1 Å². The van der Waals surface area contributed by atoms with Crippen LogP contribution < -0.4 is 5.32 Å². The molecule has 0 aromatic heterocycles. The van der Waals surface area contributed by atoms with Crippen molar-refractivity contribution < 1.29 is 19.1 Å². The zero-order valence-corrected chi connectivity index (χ0v) is 16.7. The number of amides is 2. The summed E-state index contributed by atoms with van der Waals surface area (Å²) in [6.45, 7) is 8.01. The lowest BCUT2D eigenvalue weighted by atomic mass is 9.97. The summed E-state index contributed by atoms with van der Waals surface area (Å²) in [5, 5.41) is 3.00. The van der Waals surface area contributed by atoms with E-state index in [1.165, 1.54) is 32.1 Å². The molecular weight excluding hydrogens is 332 g/mol. The molecule has 2 rings (SSSR count). The van der Waals surface area contributed by atoms with Crippen molar-refractivity contribution in [1.82, 2.24) is 10.2 Å². The molecule has 0 aromatic carbocycles. The Balaban J connectivity index is 1.62. The molecule has 26 heavy (non-hydrogen) atoms. The minimum atomic E-state index is -0.509. The van der Waals surface area contributed by atoms with E-state index in [9.17, 15) is 9.59 Å². The Labute approximate surface area is 158 Å². The maximum Gasteiger partial charge on any atom is 0.410 e. The van der Waals surface area contributed by atoms with E-state index in [-0.39, 0.29) is 17.9 Å². The summed E-state index contributed by atoms with van der Waals surface area (Å²) in [6, 6.07) is 0. The SMILES string of the molecule is CC(C)(C)OC(=O)N1CCCC(C(=O)NCCCOC2CCCCC2)C1. The van der Waals surface area contributed by atoms with Crippen molar-refractivity contribution in [2.75, 3.05) is 26.2 Å². The summed E-state index contributed by atoms with van der Waals surface area (Å²) < 4.78 is 11.3. The molecule has 1 heterocycles. The van der Waals surface area contributed by atoms with Gasteiger partial charge < -0.3 is 19.7 Å². The molecule has 0 spiro atoms. The predicted octanol–water partition coefficient (Wildman–Crippen LogP) is 3.49. The average Bonchev–Trinajstić information content (AvgIpc) is 2.61. The van der Waals surface area contributed by atoms with Crippen LogP contribution in [-0.4, -0.2) is 54.8 Å². The third kappa shape index (κ3) is 7.52. The van der Waals surface area contributed by atoms with Crippen LogP contribution in [0, 0.1) is 5.92 Å². The number of carbonyl (C=O) groups is 2. The van der Waals surface area contributed by atoms with Gasteiger partial charge in [-0.15, -0.1) is 0 Å². The molecule has 2 aliphatic rings. The van der Waals surface area contributed by atoms with E-state index < -0.39 is 5.60 Å². The second kappa shape index (κ2) is 10.1. The summed E-state index contributed by atoms with van der Waals surface area (Å²) in [5.41, 5.74) is -0.509. The van der Waals surface area contributed by atoms with Crippen molar-refractivity contribution >= 4 is 12.0 Å². The molecule has 6 heteroatoms. The molecule has 1 aliphatic carbocycles. The molecule has 1 saturated carbocycles. The van der Waals surface area contributed by atoms with Crippen molar-refractivity contribution in [3.8, 4) is 0 Å². The topological polar surface area (TPSA) is 67.9 Å². The van der Waals surface area contributed by atoms with Crippen LogP contribution in [0.15, 0.2) is 0 Å². The predicted molar refractivity (Wildman–Crippen MR) is 101 cm³/mol. The number of nitrogens with one attached hydrogen (secondary N) is 1. The van der Waals surface area contributed by atoms with Gasteiger partial charge in [0.05, 0.1) is 12.0 Å². The van der Waals surface area contributed by atoms with Crippen molar-refractivity contribution in [3.63, 3.8) is 0 Å². The van der Waals surface area contributed by atoms with E-state index >= 15 is 0 Å². The van der Waals surface area contributed by atoms with Gasteiger partial charge in [-0.25, -0.2) is 4.79 Å². The molecule has 1 N–H and O–H groups in total. The van der Waals surface area contributed by atoms with Gasteiger partial charge >= 0.3 is 6.09 Å². The average molecular weight is 369 g/mol. The van der Waals surface area contributed by atoms with Gasteiger partial charge in [-0.1, -0.05) is 19.3 Å². The Bertz CT molecular complexity index is 455. The van der Waals surface area contributed by atoms with Gasteiger partial charge in [-0.05, 0) is 52.9 Å². The standard InChI is InChI=1S/C20H36N2O4/c1-20(2,3)26-19(24)22-13-7-9-16(15-22)18(23)21-12-8-14-25-17-10-5-4-6-11-17/h16-17H,4-15H2,1-3H3,(H,21,23). The first-order valence-corrected chi connectivity index (χ1v) is 10.2. The summed E-state index contributed by atoms with van der Waals surface area (Å²) in [6.07, 6.45) is 8.82. The fourth-order valence-electron chi connectivity index (χ4n) is 3.59. The number of carbonyl (C=O) groups excluding carboxylic acids is 2. The lowest BCUT2D eigenvalue weighted by Crippen LogP contribution is -2.47. The third-order valence-corrected chi connectivity index (χ3v) is 4.97. The summed E-state index contributed by atoms with van der Waals surface area (Å²) in [7, 11) is 0. The molecule has 1 unspecified atom stereocenters. The third-order valence-electron chi connectivity index (χ3n) is 4.97. The summed E-state index contributed by atoms with van der Waals surface area (Å²) in [4.78, 5) is 26.2. The number of hydrogen-bond acceptors (Lipinski definition) is 4. The zero-order valence-electron chi connectivity index (χ0n) is 16.7. The zero-order chi connectivity index (χ0) is 19.0. The molecule has 150 valence electrons. The highest BCUT2D eigenvalue weighted by molar-refractivity contribution is 5.80. The minimum Gasteiger partial charge on any atom is -0.444 e. The quantitative estimate of drug-likeness (QED) is 0.729. The molecule has 0 radical (unpaired) electrons. The molecule has 2 amide bonds. The Morgan fingerprint density at radius 2 is 1.81 bits per heavy atom. The van der Waals surface area contributed by atoms with Gasteiger partial charge in [-0.3, -0.25) is 4.79 Å². The number of piperidine rings is 1. The van der Waals surface area contributed by atoms with E-state index in [0.29, 0.717) is 32.3 Å². The van der Waals surface area contributed by atoms with Crippen LogP contribution in [0.2, 0.25) is 0 Å². The first-order chi connectivity index (χ1) is 12.3. The van der Waals surface area contributed by atoms with Crippen LogP contribution in [0.5, 0.6) is 0 Å². The normalized spacial score (nSPS) is 22.1. The van der Waals surface area contributed by atoms with Crippen molar-refractivity contribution in [1.29, 1.82) is 0 Å². The molecule has 2 fully saturated rings. The Morgan fingerprint density at radius 1 is 1.08 bits per heavy atom. The molecule has 1 atom stereocenters. The van der Waals surface area contributed by atoms with Crippen LogP contribution >= 0.6 is 0 Å². The molecule has 0 aromatic rings. The van der Waals surface area contributed by atoms with Gasteiger partial charge in [0.25, 0.3) is 0 Å². The molecule has 0 bridgehead atoms. The van der Waals surface area contributed by atoms with Crippen molar-refractivity contribution in [3.05, 3.63) is 0 Å². The number of nitrogens with zero attached hydrogens (tertiary/aromatic N) is 1. The molecule has 1 saturated heterocycles. The van der Waals surface area contributed by atoms with Gasteiger partial charge in [-0.2, -0.15) is 0 Å². The van der Waals surface area contributed by atoms with Gasteiger partial charge in [0.15, 0.2) is 0 Å². The highest BCUT2D eigenvalue weighted by Crippen LogP contribution is 2.21. The number of hydrogen-bond donors (Lipinski definition) is 1. The highest BCUT2D eigenvalue weighted by atomic mass is 16.6. The largest absolute Gasteiger partial charge is 0.444 e. The molecule has 6 nitrogen and oxygen atoms in total. The maximum atomic E-state index is 12.4. The van der Waals surface area contributed by atoms with Crippen LogP contribution in [-0.2, 0) is 14.3 Å². The lowest BCUT2D eigenvalue weighted by Gasteiger charge is -2.33. The van der Waals surface area contributed by atoms with Gasteiger partial charge in [0, 0.05) is 26.2 Å². The van der Waals surface area contributed by atoms with E-state index in [1.54, 1.807) is 4.90 Å². The van der Waals surface area contributed by atoms with Crippen LogP contribution in [0.3, 0.4) is 0 Å². The Morgan fingerprint density at radius 3 is 2.50 bits per heavy atom. The minimum absolute atomic E-state index is 0.0379. The monoisotopic (exact) mass is 368 g/mol. The molecular formula is C20H36N2O4. The van der Waals surface area contributed by atoms with Crippen LogP contribution in [0.25, 0.3) is 0 Å². The number of rotatable bonds is 6. The Hall–Kier alpha value is -1.30. The van der Waals surface area contributed by atoms with Gasteiger partial charge in [0.2, 0.25) is 5.91 Å². The van der Waals surface area contributed by atoms with Gasteiger partial charge in [0.1, 0.15) is 5.60 Å². The number of likely N-dealkylation sites (tertiary alicyclic amines) is 1. The van der Waals surface area contributed by atoms with Crippen LogP contribution in [0.4, 0.5) is 4.79 Å². The second-order valence-corrected chi connectivity index (χ2v) is 8.54. The fraction of sp³-hybridized carbons (Fsp3) is 0.900. The second-order valence-electron chi connectivity index (χ2n) is 8.54. The van der Waals surface area contributed by atoms with E-state index in [0.717, 1.165) is 19.3 Å². The van der Waals surface area contributed by atoms with E-state index in [1.807, 2.05) is 20.8 Å². The maximum absolute atomic E-state index is 12.4. The summed E-state index contributed by atoms with van der Waals surface area (Å²) >= 11 is 0. The fourth-order valence-corrected chi connectivity index (χ4v) is 3.59. The Kier molecular flexibility index (Phi) is 8.19. The summed E-state index contributed by atoms with van der Waals surface area (Å²) in [5.74, 6) is -0.105. The lowest BCUT2D eigenvalue weighted by molar-refractivity contribution is -0.126. The number of ether oxygens (including phenoxy) is 2. The first kappa shape index (κ1) is 21.0. The molecule has 1 aliphatic heterocycles. The van der Waals surface area contributed by atoms with Crippen molar-refractivity contribution in [2.24, 2.45) is 5.92 Å².